The lowest BCUT2D eigenvalue weighted by atomic mass is 10.0. The molecule has 0 saturated carbocycles. The zero-order valence-corrected chi connectivity index (χ0v) is 10.1. The second kappa shape index (κ2) is 5.23. The molecule has 3 N–H and O–H groups in total. The van der Waals surface area contributed by atoms with Gasteiger partial charge >= 0.3 is 0 Å². The van der Waals surface area contributed by atoms with Crippen molar-refractivity contribution in [1.29, 1.82) is 0 Å². The number of rotatable bonds is 4. The van der Waals surface area contributed by atoms with Gasteiger partial charge in [-0.3, -0.25) is 16.3 Å². The summed E-state index contributed by atoms with van der Waals surface area (Å²) in [7, 11) is 1.66. The van der Waals surface area contributed by atoms with Crippen LogP contribution in [0.25, 0.3) is 10.9 Å². The number of benzene rings is 1. The molecule has 4 nitrogen and oxygen atoms in total. The van der Waals surface area contributed by atoms with Crippen molar-refractivity contribution in [3.05, 3.63) is 41.6 Å². The molecule has 4 heteroatoms. The summed E-state index contributed by atoms with van der Waals surface area (Å²) in [5.41, 5.74) is 5.88. The number of hydrogen-bond donors (Lipinski definition) is 2. The molecule has 0 aliphatic heterocycles. The van der Waals surface area contributed by atoms with Crippen LogP contribution in [0.3, 0.4) is 0 Å². The van der Waals surface area contributed by atoms with Crippen molar-refractivity contribution in [1.82, 2.24) is 10.4 Å². The lowest BCUT2D eigenvalue weighted by Gasteiger charge is -2.15. The van der Waals surface area contributed by atoms with Crippen LogP contribution in [0.5, 0.6) is 0 Å². The van der Waals surface area contributed by atoms with E-state index in [1.807, 2.05) is 25.1 Å². The molecule has 17 heavy (non-hydrogen) atoms. The van der Waals surface area contributed by atoms with Crippen LogP contribution in [-0.2, 0) is 4.74 Å². The van der Waals surface area contributed by atoms with Gasteiger partial charge in [0.05, 0.1) is 18.2 Å². The number of nitrogens with two attached hydrogens (primary N) is 1. The Labute approximate surface area is 101 Å². The Balaban J connectivity index is 2.40. The molecule has 0 aliphatic carbocycles. The van der Waals surface area contributed by atoms with E-state index in [2.05, 4.69) is 22.5 Å². The van der Waals surface area contributed by atoms with E-state index >= 15 is 0 Å². The van der Waals surface area contributed by atoms with E-state index in [-0.39, 0.29) is 6.04 Å². The van der Waals surface area contributed by atoms with Gasteiger partial charge in [0.15, 0.2) is 0 Å². The topological polar surface area (TPSA) is 60.2 Å². The first-order chi connectivity index (χ1) is 8.24. The molecule has 0 spiro atoms. The summed E-state index contributed by atoms with van der Waals surface area (Å²) in [5.74, 6) is 5.51. The average molecular weight is 231 g/mol. The van der Waals surface area contributed by atoms with Crippen molar-refractivity contribution in [2.24, 2.45) is 5.84 Å². The number of pyridine rings is 1. The SMILES string of the molecule is COCC(NN)c1ccc2nc(C)ccc2c1. The van der Waals surface area contributed by atoms with Crippen LogP contribution in [0.15, 0.2) is 30.3 Å². The highest BCUT2D eigenvalue weighted by Crippen LogP contribution is 2.19. The monoisotopic (exact) mass is 231 g/mol. The Hall–Kier alpha value is -1.49. The Kier molecular flexibility index (Phi) is 3.68. The molecule has 1 heterocycles. The number of nitrogens with one attached hydrogen (secondary N) is 1. The van der Waals surface area contributed by atoms with Gasteiger partial charge in [-0.2, -0.15) is 0 Å². The molecule has 0 amide bonds. The third-order valence-electron chi connectivity index (χ3n) is 2.79. The highest BCUT2D eigenvalue weighted by molar-refractivity contribution is 5.79. The minimum Gasteiger partial charge on any atom is -0.383 e. The highest BCUT2D eigenvalue weighted by Gasteiger charge is 2.09. The molecule has 1 unspecified atom stereocenters. The summed E-state index contributed by atoms with van der Waals surface area (Å²) >= 11 is 0. The smallest absolute Gasteiger partial charge is 0.0705 e. The van der Waals surface area contributed by atoms with Gasteiger partial charge in [0.2, 0.25) is 0 Å². The summed E-state index contributed by atoms with van der Waals surface area (Å²) in [6, 6.07) is 10.2. The third-order valence-corrected chi connectivity index (χ3v) is 2.79. The van der Waals surface area contributed by atoms with Gasteiger partial charge in [-0.05, 0) is 30.7 Å². The maximum atomic E-state index is 5.51. The second-order valence-electron chi connectivity index (χ2n) is 4.08. The van der Waals surface area contributed by atoms with Crippen LogP contribution in [0, 0.1) is 6.92 Å². The van der Waals surface area contributed by atoms with E-state index in [4.69, 9.17) is 10.6 Å². The summed E-state index contributed by atoms with van der Waals surface area (Å²) in [5, 5.41) is 1.12. The molecule has 0 saturated heterocycles. The van der Waals surface area contributed by atoms with Gasteiger partial charge in [0, 0.05) is 18.2 Å². The molecule has 1 atom stereocenters. The predicted molar refractivity (Wildman–Crippen MR) is 68.4 cm³/mol. The Morgan fingerprint density at radius 2 is 2.18 bits per heavy atom. The maximum Gasteiger partial charge on any atom is 0.0705 e. The van der Waals surface area contributed by atoms with Gasteiger partial charge in [0.1, 0.15) is 0 Å². The molecular weight excluding hydrogens is 214 g/mol. The lowest BCUT2D eigenvalue weighted by molar-refractivity contribution is 0.167. The minimum absolute atomic E-state index is 0.00528. The van der Waals surface area contributed by atoms with Gasteiger partial charge in [-0.1, -0.05) is 12.1 Å². The normalized spacial score (nSPS) is 12.9. The third kappa shape index (κ3) is 2.61. The van der Waals surface area contributed by atoms with Crippen molar-refractivity contribution < 1.29 is 4.74 Å². The Morgan fingerprint density at radius 1 is 1.35 bits per heavy atom. The quantitative estimate of drug-likeness (QED) is 0.621. The van der Waals surface area contributed by atoms with E-state index in [1.165, 1.54) is 0 Å². The number of fused-ring (bicyclic) bond motifs is 1. The van der Waals surface area contributed by atoms with E-state index in [9.17, 15) is 0 Å². The first kappa shape index (κ1) is 12.0. The molecule has 2 rings (SSSR count). The van der Waals surface area contributed by atoms with Gasteiger partial charge in [-0.25, -0.2) is 0 Å². The van der Waals surface area contributed by atoms with E-state index in [0.717, 1.165) is 22.2 Å². The summed E-state index contributed by atoms with van der Waals surface area (Å²) < 4.78 is 5.12. The minimum atomic E-state index is 0.00528. The second-order valence-corrected chi connectivity index (χ2v) is 4.08. The van der Waals surface area contributed by atoms with Crippen molar-refractivity contribution in [2.45, 2.75) is 13.0 Å². The number of aryl methyl sites for hydroxylation is 1. The number of nitrogens with zero attached hydrogens (tertiary/aromatic N) is 1. The molecule has 90 valence electrons. The molecular formula is C13H17N3O. The fraction of sp³-hybridized carbons (Fsp3) is 0.308. The predicted octanol–water partition coefficient (Wildman–Crippen LogP) is 1.69. The van der Waals surface area contributed by atoms with Gasteiger partial charge in [0.25, 0.3) is 0 Å². The van der Waals surface area contributed by atoms with Crippen molar-refractivity contribution >= 4 is 10.9 Å². The van der Waals surface area contributed by atoms with Crippen molar-refractivity contribution in [3.8, 4) is 0 Å². The van der Waals surface area contributed by atoms with Crippen LogP contribution >= 0.6 is 0 Å². The fourth-order valence-corrected chi connectivity index (χ4v) is 1.87. The van der Waals surface area contributed by atoms with Gasteiger partial charge in [-0.15, -0.1) is 0 Å². The summed E-state index contributed by atoms with van der Waals surface area (Å²) in [6.07, 6.45) is 0. The molecule has 0 radical (unpaired) electrons. The van der Waals surface area contributed by atoms with E-state index < -0.39 is 0 Å². The van der Waals surface area contributed by atoms with Gasteiger partial charge < -0.3 is 4.74 Å². The lowest BCUT2D eigenvalue weighted by Crippen LogP contribution is -2.31. The highest BCUT2D eigenvalue weighted by atomic mass is 16.5. The molecule has 0 bridgehead atoms. The van der Waals surface area contributed by atoms with E-state index in [0.29, 0.717) is 6.61 Å². The Morgan fingerprint density at radius 3 is 2.88 bits per heavy atom. The molecule has 1 aromatic heterocycles. The van der Waals surface area contributed by atoms with Crippen LogP contribution in [0.1, 0.15) is 17.3 Å². The van der Waals surface area contributed by atoms with Crippen molar-refractivity contribution in [2.75, 3.05) is 13.7 Å². The number of methoxy groups -OCH3 is 1. The summed E-state index contributed by atoms with van der Waals surface area (Å²) in [6.45, 7) is 2.53. The largest absolute Gasteiger partial charge is 0.383 e. The first-order valence-electron chi connectivity index (χ1n) is 5.57. The zero-order chi connectivity index (χ0) is 12.3. The average Bonchev–Trinajstić information content (AvgIpc) is 2.35. The number of hydrogen-bond acceptors (Lipinski definition) is 4. The zero-order valence-electron chi connectivity index (χ0n) is 10.1. The fourth-order valence-electron chi connectivity index (χ4n) is 1.87. The molecule has 1 aromatic carbocycles. The van der Waals surface area contributed by atoms with Crippen LogP contribution in [-0.4, -0.2) is 18.7 Å². The summed E-state index contributed by atoms with van der Waals surface area (Å²) in [4.78, 5) is 4.47. The van der Waals surface area contributed by atoms with E-state index in [1.54, 1.807) is 7.11 Å². The first-order valence-corrected chi connectivity index (χ1v) is 5.57. The standard InChI is InChI=1S/C13H17N3O/c1-9-3-4-10-7-11(5-6-12(10)15-9)13(16-14)8-17-2/h3-7,13,16H,8,14H2,1-2H3. The van der Waals surface area contributed by atoms with Crippen LogP contribution < -0.4 is 11.3 Å². The molecule has 2 aromatic rings. The molecule has 0 fully saturated rings. The van der Waals surface area contributed by atoms with Crippen LogP contribution in [0.4, 0.5) is 0 Å². The number of aromatic nitrogens is 1. The van der Waals surface area contributed by atoms with Crippen LogP contribution in [0.2, 0.25) is 0 Å². The maximum absolute atomic E-state index is 5.51. The number of ether oxygens (including phenoxy) is 1. The Bertz CT molecular complexity index is 513. The van der Waals surface area contributed by atoms with Crippen molar-refractivity contribution in [3.63, 3.8) is 0 Å². The number of hydrazine groups is 1. The molecule has 0 aliphatic rings.